The fraction of sp³-hybridized carbons (Fsp3) is 0.294. The molecule has 122 valence electrons. The molecule has 1 aliphatic heterocycles. The maximum Gasteiger partial charge on any atom is 0.268 e. The van der Waals surface area contributed by atoms with E-state index in [2.05, 4.69) is 0 Å². The quantitative estimate of drug-likeness (QED) is 0.845. The molecule has 0 aromatic heterocycles. The summed E-state index contributed by atoms with van der Waals surface area (Å²) >= 11 is 6.15. The summed E-state index contributed by atoms with van der Waals surface area (Å²) < 4.78 is 33.2. The van der Waals surface area contributed by atoms with Gasteiger partial charge in [0.15, 0.2) is 0 Å². The lowest BCUT2D eigenvalue weighted by Gasteiger charge is -2.25. The van der Waals surface area contributed by atoms with Gasteiger partial charge in [-0.05, 0) is 49.6 Å². The molecule has 1 unspecified atom stereocenters. The van der Waals surface area contributed by atoms with Crippen LogP contribution in [0.15, 0.2) is 41.3 Å². The number of benzene rings is 2. The van der Waals surface area contributed by atoms with Gasteiger partial charge in [-0.3, -0.25) is 4.31 Å². The Morgan fingerprint density at radius 2 is 1.96 bits per heavy atom. The molecule has 2 aromatic rings. The van der Waals surface area contributed by atoms with Gasteiger partial charge in [0.25, 0.3) is 10.0 Å². The number of aryl methyl sites for hydroxylation is 1. The SMILES string of the molecule is COc1cc(C)c(Cl)cc1S(=O)(=O)N1c2ccccc2CC1C. The van der Waals surface area contributed by atoms with Crippen LogP contribution in [-0.4, -0.2) is 21.6 Å². The van der Waals surface area contributed by atoms with Crippen molar-refractivity contribution in [1.29, 1.82) is 0 Å². The van der Waals surface area contributed by atoms with Crippen molar-refractivity contribution in [3.8, 4) is 5.75 Å². The number of sulfonamides is 1. The van der Waals surface area contributed by atoms with Crippen LogP contribution in [0.2, 0.25) is 5.02 Å². The van der Waals surface area contributed by atoms with Crippen LogP contribution in [0.4, 0.5) is 5.69 Å². The Kier molecular flexibility index (Phi) is 4.02. The van der Waals surface area contributed by atoms with Crippen molar-refractivity contribution in [3.63, 3.8) is 0 Å². The second kappa shape index (κ2) is 5.73. The van der Waals surface area contributed by atoms with E-state index in [-0.39, 0.29) is 10.9 Å². The van der Waals surface area contributed by atoms with Crippen LogP contribution in [0.3, 0.4) is 0 Å². The third-order valence-electron chi connectivity index (χ3n) is 4.13. The summed E-state index contributed by atoms with van der Waals surface area (Å²) in [5.41, 5.74) is 2.52. The monoisotopic (exact) mass is 351 g/mol. The average molecular weight is 352 g/mol. The number of fused-ring (bicyclic) bond motifs is 1. The third-order valence-corrected chi connectivity index (χ3v) is 6.48. The van der Waals surface area contributed by atoms with Gasteiger partial charge in [-0.25, -0.2) is 8.42 Å². The molecule has 0 saturated carbocycles. The maximum absolute atomic E-state index is 13.2. The van der Waals surface area contributed by atoms with E-state index >= 15 is 0 Å². The number of anilines is 1. The van der Waals surface area contributed by atoms with Crippen molar-refractivity contribution in [2.24, 2.45) is 0 Å². The summed E-state index contributed by atoms with van der Waals surface area (Å²) in [7, 11) is -2.30. The molecule has 4 nitrogen and oxygen atoms in total. The molecular formula is C17H18ClNO3S. The van der Waals surface area contributed by atoms with E-state index < -0.39 is 10.0 Å². The van der Waals surface area contributed by atoms with E-state index in [0.29, 0.717) is 17.2 Å². The highest BCUT2D eigenvalue weighted by Gasteiger charge is 2.37. The minimum absolute atomic E-state index is 0.0964. The van der Waals surface area contributed by atoms with Gasteiger partial charge in [0.2, 0.25) is 0 Å². The van der Waals surface area contributed by atoms with E-state index in [9.17, 15) is 8.42 Å². The van der Waals surface area contributed by atoms with Crippen LogP contribution >= 0.6 is 11.6 Å². The Balaban J connectivity index is 2.19. The first kappa shape index (κ1) is 16.1. The van der Waals surface area contributed by atoms with E-state index in [0.717, 1.165) is 16.8 Å². The number of halogens is 1. The van der Waals surface area contributed by atoms with Crippen LogP contribution in [-0.2, 0) is 16.4 Å². The van der Waals surface area contributed by atoms with Crippen molar-refractivity contribution in [1.82, 2.24) is 0 Å². The van der Waals surface area contributed by atoms with E-state index in [1.807, 2.05) is 38.1 Å². The fourth-order valence-electron chi connectivity index (χ4n) is 3.01. The minimum atomic E-state index is -3.76. The molecule has 0 spiro atoms. The van der Waals surface area contributed by atoms with Gasteiger partial charge in [-0.2, -0.15) is 0 Å². The van der Waals surface area contributed by atoms with E-state index in [1.165, 1.54) is 17.5 Å². The molecule has 6 heteroatoms. The number of methoxy groups -OCH3 is 1. The molecule has 1 atom stereocenters. The molecule has 0 aliphatic carbocycles. The van der Waals surface area contributed by atoms with Crippen molar-refractivity contribution in [2.45, 2.75) is 31.2 Å². The van der Waals surface area contributed by atoms with Gasteiger partial charge in [-0.1, -0.05) is 29.8 Å². The average Bonchev–Trinajstić information content (AvgIpc) is 2.85. The Labute approximate surface area is 141 Å². The Hall–Kier alpha value is -1.72. The zero-order valence-electron chi connectivity index (χ0n) is 13.2. The summed E-state index contributed by atoms with van der Waals surface area (Å²) in [6, 6.07) is 10.5. The van der Waals surface area contributed by atoms with E-state index in [1.54, 1.807) is 6.07 Å². The fourth-order valence-corrected chi connectivity index (χ4v) is 5.10. The highest BCUT2D eigenvalue weighted by atomic mass is 35.5. The summed E-state index contributed by atoms with van der Waals surface area (Å²) in [6.45, 7) is 3.72. The zero-order valence-corrected chi connectivity index (χ0v) is 14.8. The lowest BCUT2D eigenvalue weighted by Crippen LogP contribution is -2.36. The Morgan fingerprint density at radius 3 is 2.65 bits per heavy atom. The lowest BCUT2D eigenvalue weighted by molar-refractivity contribution is 0.402. The Bertz CT molecular complexity index is 864. The molecule has 1 aliphatic rings. The summed E-state index contributed by atoms with van der Waals surface area (Å²) in [6.07, 6.45) is 0.692. The zero-order chi connectivity index (χ0) is 16.8. The first-order chi connectivity index (χ1) is 10.9. The Morgan fingerprint density at radius 1 is 1.26 bits per heavy atom. The van der Waals surface area contributed by atoms with Crippen LogP contribution in [0.25, 0.3) is 0 Å². The van der Waals surface area contributed by atoms with E-state index in [4.69, 9.17) is 16.3 Å². The molecule has 0 radical (unpaired) electrons. The van der Waals surface area contributed by atoms with Gasteiger partial charge >= 0.3 is 0 Å². The largest absolute Gasteiger partial charge is 0.495 e. The van der Waals surface area contributed by atoms with Crippen LogP contribution in [0.1, 0.15) is 18.1 Å². The molecule has 0 amide bonds. The van der Waals surface area contributed by atoms with Crippen molar-refractivity contribution in [2.75, 3.05) is 11.4 Å². The first-order valence-electron chi connectivity index (χ1n) is 7.32. The van der Waals surface area contributed by atoms with Gasteiger partial charge < -0.3 is 4.74 Å². The first-order valence-corrected chi connectivity index (χ1v) is 9.14. The second-order valence-electron chi connectivity index (χ2n) is 5.73. The minimum Gasteiger partial charge on any atom is -0.495 e. The van der Waals surface area contributed by atoms with Crippen LogP contribution in [0, 0.1) is 6.92 Å². The molecule has 0 bridgehead atoms. The molecule has 1 heterocycles. The second-order valence-corrected chi connectivity index (χ2v) is 7.93. The van der Waals surface area contributed by atoms with Gasteiger partial charge in [0, 0.05) is 11.1 Å². The summed E-state index contributed by atoms with van der Waals surface area (Å²) in [5, 5.41) is 0.407. The molecule has 0 N–H and O–H groups in total. The number of rotatable bonds is 3. The molecule has 0 saturated heterocycles. The number of nitrogens with zero attached hydrogens (tertiary/aromatic N) is 1. The van der Waals surface area contributed by atoms with Crippen LogP contribution in [0.5, 0.6) is 5.75 Å². The third kappa shape index (κ3) is 2.58. The van der Waals surface area contributed by atoms with Gasteiger partial charge in [0.05, 0.1) is 12.8 Å². The summed E-state index contributed by atoms with van der Waals surface area (Å²) in [4.78, 5) is 0.0964. The number of para-hydroxylation sites is 1. The van der Waals surface area contributed by atoms with Gasteiger partial charge in [-0.15, -0.1) is 0 Å². The normalized spacial score (nSPS) is 17.2. The lowest BCUT2D eigenvalue weighted by atomic mass is 10.1. The van der Waals surface area contributed by atoms with Crippen LogP contribution < -0.4 is 9.04 Å². The number of hydrogen-bond acceptors (Lipinski definition) is 3. The maximum atomic E-state index is 13.2. The predicted octanol–water partition coefficient (Wildman–Crippen LogP) is 3.80. The van der Waals surface area contributed by atoms with Crippen molar-refractivity contribution >= 4 is 27.3 Å². The van der Waals surface area contributed by atoms with Crippen molar-refractivity contribution < 1.29 is 13.2 Å². The molecule has 23 heavy (non-hydrogen) atoms. The predicted molar refractivity (Wildman–Crippen MR) is 92.0 cm³/mol. The highest BCUT2D eigenvalue weighted by molar-refractivity contribution is 7.93. The smallest absolute Gasteiger partial charge is 0.268 e. The molecule has 0 fully saturated rings. The molecular weight excluding hydrogens is 334 g/mol. The van der Waals surface area contributed by atoms with Gasteiger partial charge in [0.1, 0.15) is 10.6 Å². The number of ether oxygens (including phenoxy) is 1. The number of hydrogen-bond donors (Lipinski definition) is 0. The summed E-state index contributed by atoms with van der Waals surface area (Å²) in [5.74, 6) is 0.309. The molecule has 2 aromatic carbocycles. The highest BCUT2D eigenvalue weighted by Crippen LogP contribution is 2.40. The van der Waals surface area contributed by atoms with Crippen molar-refractivity contribution in [3.05, 3.63) is 52.5 Å². The standard InChI is InChI=1S/C17H18ClNO3S/c1-11-8-16(22-3)17(10-14(11)18)23(20,21)19-12(2)9-13-6-4-5-7-15(13)19/h4-8,10,12H,9H2,1-3H3. The topological polar surface area (TPSA) is 46.6 Å². The molecule has 3 rings (SSSR count).